The Labute approximate surface area is 121 Å². The third-order valence-corrected chi connectivity index (χ3v) is 3.36. The third kappa shape index (κ3) is 4.40. The lowest BCUT2D eigenvalue weighted by Gasteiger charge is -2.18. The molecule has 0 unspecified atom stereocenters. The van der Waals surface area contributed by atoms with E-state index >= 15 is 0 Å². The van der Waals surface area contributed by atoms with E-state index in [0.29, 0.717) is 15.6 Å². The molecule has 104 valence electrons. The van der Waals surface area contributed by atoms with Crippen molar-refractivity contribution in [3.05, 3.63) is 33.8 Å². The van der Waals surface area contributed by atoms with E-state index in [1.807, 2.05) is 0 Å². The summed E-state index contributed by atoms with van der Waals surface area (Å²) in [7, 11) is 0. The second-order valence-corrected chi connectivity index (χ2v) is 5.32. The third-order valence-electron chi connectivity index (χ3n) is 2.65. The zero-order valence-electron chi connectivity index (χ0n) is 10.6. The van der Waals surface area contributed by atoms with Gasteiger partial charge in [0.1, 0.15) is 6.04 Å². The van der Waals surface area contributed by atoms with Gasteiger partial charge in [0.15, 0.2) is 0 Å². The van der Waals surface area contributed by atoms with Crippen molar-refractivity contribution in [2.24, 2.45) is 5.92 Å². The van der Waals surface area contributed by atoms with Crippen molar-refractivity contribution in [2.45, 2.75) is 26.3 Å². The summed E-state index contributed by atoms with van der Waals surface area (Å²) in [5.74, 6) is -1.69. The fourth-order valence-electron chi connectivity index (χ4n) is 1.60. The van der Waals surface area contributed by atoms with Crippen LogP contribution in [0, 0.1) is 5.92 Å². The molecule has 4 nitrogen and oxygen atoms in total. The number of rotatable bonds is 5. The number of carbonyl (C=O) groups excluding carboxylic acids is 1. The molecule has 2 N–H and O–H groups in total. The first-order chi connectivity index (χ1) is 8.82. The number of carboxylic acid groups (broad SMARTS) is 1. The minimum Gasteiger partial charge on any atom is -0.480 e. The van der Waals surface area contributed by atoms with E-state index in [-0.39, 0.29) is 12.3 Å². The largest absolute Gasteiger partial charge is 0.480 e. The fourth-order valence-corrected chi connectivity index (χ4v) is 2.13. The summed E-state index contributed by atoms with van der Waals surface area (Å²) in [6, 6.07) is 4.02. The number of benzene rings is 1. The molecule has 0 spiro atoms. The summed E-state index contributed by atoms with van der Waals surface area (Å²) >= 11 is 11.9. The molecule has 0 heterocycles. The number of amides is 1. The van der Waals surface area contributed by atoms with E-state index in [0.717, 1.165) is 0 Å². The van der Waals surface area contributed by atoms with Crippen LogP contribution in [0.5, 0.6) is 0 Å². The van der Waals surface area contributed by atoms with Crippen LogP contribution in [0.4, 0.5) is 0 Å². The van der Waals surface area contributed by atoms with Gasteiger partial charge in [0.2, 0.25) is 5.91 Å². The molecule has 0 aliphatic heterocycles. The van der Waals surface area contributed by atoms with E-state index in [1.165, 1.54) is 0 Å². The first-order valence-electron chi connectivity index (χ1n) is 5.78. The second-order valence-electron chi connectivity index (χ2n) is 4.50. The van der Waals surface area contributed by atoms with Crippen LogP contribution in [-0.2, 0) is 16.0 Å². The maximum Gasteiger partial charge on any atom is 0.326 e. The Morgan fingerprint density at radius 1 is 1.26 bits per heavy atom. The Balaban J connectivity index is 2.78. The summed E-state index contributed by atoms with van der Waals surface area (Å²) in [4.78, 5) is 22.8. The standard InChI is InChI=1S/C13H15Cl2NO3/c1-7(2)12(13(18)19)16-11(17)6-8-9(14)4-3-5-10(8)15/h3-5,7,12H,6H2,1-2H3,(H,16,17)(H,18,19)/t12-/m1/s1. The smallest absolute Gasteiger partial charge is 0.326 e. The molecule has 0 saturated heterocycles. The number of carboxylic acids is 1. The average Bonchev–Trinajstić information content (AvgIpc) is 2.30. The van der Waals surface area contributed by atoms with Crippen molar-refractivity contribution in [3.63, 3.8) is 0 Å². The maximum absolute atomic E-state index is 11.8. The highest BCUT2D eigenvalue weighted by Gasteiger charge is 2.23. The molecule has 1 aromatic carbocycles. The van der Waals surface area contributed by atoms with Crippen LogP contribution in [0.15, 0.2) is 18.2 Å². The van der Waals surface area contributed by atoms with E-state index < -0.39 is 17.9 Å². The molecule has 0 fully saturated rings. The lowest BCUT2D eigenvalue weighted by atomic mass is 10.0. The van der Waals surface area contributed by atoms with Crippen molar-refractivity contribution in [1.29, 1.82) is 0 Å². The number of carbonyl (C=O) groups is 2. The molecule has 0 radical (unpaired) electrons. The van der Waals surface area contributed by atoms with Crippen LogP contribution in [0.3, 0.4) is 0 Å². The van der Waals surface area contributed by atoms with Gasteiger partial charge in [0.05, 0.1) is 6.42 Å². The first kappa shape index (κ1) is 15.8. The lowest BCUT2D eigenvalue weighted by molar-refractivity contribution is -0.143. The molecule has 0 aliphatic carbocycles. The van der Waals surface area contributed by atoms with Crippen LogP contribution < -0.4 is 5.32 Å². The van der Waals surface area contributed by atoms with Crippen molar-refractivity contribution in [2.75, 3.05) is 0 Å². The molecule has 0 aromatic heterocycles. The van der Waals surface area contributed by atoms with Gasteiger partial charge in [0, 0.05) is 10.0 Å². The first-order valence-corrected chi connectivity index (χ1v) is 6.53. The molecule has 1 rings (SSSR count). The van der Waals surface area contributed by atoms with Crippen molar-refractivity contribution < 1.29 is 14.7 Å². The van der Waals surface area contributed by atoms with Gasteiger partial charge in [0.25, 0.3) is 0 Å². The highest BCUT2D eigenvalue weighted by molar-refractivity contribution is 6.36. The molecule has 0 aliphatic rings. The van der Waals surface area contributed by atoms with Gasteiger partial charge in [-0.15, -0.1) is 0 Å². The van der Waals surface area contributed by atoms with Crippen LogP contribution in [0.2, 0.25) is 10.0 Å². The Kier molecular flexibility index (Phi) is 5.63. The van der Waals surface area contributed by atoms with Crippen molar-refractivity contribution in [3.8, 4) is 0 Å². The maximum atomic E-state index is 11.8. The molecule has 1 atom stereocenters. The van der Waals surface area contributed by atoms with E-state index in [4.69, 9.17) is 28.3 Å². The number of hydrogen-bond acceptors (Lipinski definition) is 2. The van der Waals surface area contributed by atoms with Gasteiger partial charge in [-0.1, -0.05) is 43.1 Å². The Hall–Kier alpha value is -1.26. The number of nitrogens with one attached hydrogen (secondary N) is 1. The summed E-state index contributed by atoms with van der Waals surface area (Å²) in [5.41, 5.74) is 0.497. The van der Waals surface area contributed by atoms with Gasteiger partial charge < -0.3 is 10.4 Å². The Bertz CT molecular complexity index is 469. The minimum absolute atomic E-state index is 0.0466. The molecule has 19 heavy (non-hydrogen) atoms. The zero-order chi connectivity index (χ0) is 14.6. The van der Waals surface area contributed by atoms with Gasteiger partial charge in [-0.25, -0.2) is 4.79 Å². The molecule has 6 heteroatoms. The monoisotopic (exact) mass is 303 g/mol. The lowest BCUT2D eigenvalue weighted by Crippen LogP contribution is -2.44. The zero-order valence-corrected chi connectivity index (χ0v) is 12.1. The predicted molar refractivity (Wildman–Crippen MR) is 74.6 cm³/mol. The minimum atomic E-state index is -1.06. The number of hydrogen-bond donors (Lipinski definition) is 2. The molecule has 1 aromatic rings. The summed E-state index contributed by atoms with van der Waals surface area (Å²) in [6.45, 7) is 3.45. The van der Waals surface area contributed by atoms with Crippen LogP contribution >= 0.6 is 23.2 Å². The quantitative estimate of drug-likeness (QED) is 0.879. The Morgan fingerprint density at radius 3 is 2.21 bits per heavy atom. The fraction of sp³-hybridized carbons (Fsp3) is 0.385. The normalized spacial score (nSPS) is 12.3. The summed E-state index contributed by atoms with van der Waals surface area (Å²) in [6.07, 6.45) is -0.0466. The summed E-state index contributed by atoms with van der Waals surface area (Å²) in [5, 5.41) is 12.2. The average molecular weight is 304 g/mol. The predicted octanol–water partition coefficient (Wildman–Crippen LogP) is 2.76. The Morgan fingerprint density at radius 2 is 1.79 bits per heavy atom. The summed E-state index contributed by atoms with van der Waals surface area (Å²) < 4.78 is 0. The molecule has 1 amide bonds. The highest BCUT2D eigenvalue weighted by Crippen LogP contribution is 2.24. The SMILES string of the molecule is CC(C)[C@@H](NC(=O)Cc1c(Cl)cccc1Cl)C(=O)O. The van der Waals surface area contributed by atoms with Crippen molar-refractivity contribution >= 4 is 35.1 Å². The number of halogens is 2. The number of aliphatic carboxylic acids is 1. The highest BCUT2D eigenvalue weighted by atomic mass is 35.5. The van der Waals surface area contributed by atoms with Crippen LogP contribution in [0.25, 0.3) is 0 Å². The van der Waals surface area contributed by atoms with Crippen LogP contribution in [0.1, 0.15) is 19.4 Å². The van der Waals surface area contributed by atoms with Gasteiger partial charge in [-0.3, -0.25) is 4.79 Å². The van der Waals surface area contributed by atoms with E-state index in [2.05, 4.69) is 5.32 Å². The molecule has 0 bridgehead atoms. The van der Waals surface area contributed by atoms with E-state index in [9.17, 15) is 9.59 Å². The molecule has 0 saturated carbocycles. The van der Waals surface area contributed by atoms with E-state index in [1.54, 1.807) is 32.0 Å². The van der Waals surface area contributed by atoms with Gasteiger partial charge in [-0.2, -0.15) is 0 Å². The molecular formula is C13H15Cl2NO3. The van der Waals surface area contributed by atoms with Crippen LogP contribution in [-0.4, -0.2) is 23.0 Å². The van der Waals surface area contributed by atoms with Gasteiger partial charge >= 0.3 is 5.97 Å². The second kappa shape index (κ2) is 6.78. The van der Waals surface area contributed by atoms with Gasteiger partial charge in [-0.05, 0) is 23.6 Å². The van der Waals surface area contributed by atoms with Crippen molar-refractivity contribution in [1.82, 2.24) is 5.32 Å². The topological polar surface area (TPSA) is 66.4 Å². The molecular weight excluding hydrogens is 289 g/mol.